The summed E-state index contributed by atoms with van der Waals surface area (Å²) in [6.07, 6.45) is 2.19. The van der Waals surface area contributed by atoms with E-state index in [1.807, 2.05) is 0 Å². The van der Waals surface area contributed by atoms with Crippen LogP contribution in [0.4, 0.5) is 0 Å². The molecule has 78 valence electrons. The highest BCUT2D eigenvalue weighted by atomic mass is 14.2. The fourth-order valence-electron chi connectivity index (χ4n) is 2.63. The maximum absolute atomic E-state index is 2.22. The first-order valence-corrected chi connectivity index (χ1v) is 5.69. The van der Waals surface area contributed by atoms with E-state index >= 15 is 0 Å². The van der Waals surface area contributed by atoms with Crippen molar-refractivity contribution in [2.75, 3.05) is 0 Å². The lowest BCUT2D eigenvalue weighted by Crippen LogP contribution is -2.25. The second-order valence-corrected chi connectivity index (χ2v) is 4.23. The predicted octanol–water partition coefficient (Wildman–Crippen LogP) is 2.69. The third-order valence-corrected chi connectivity index (χ3v) is 3.40. The molecule has 0 atom stereocenters. The summed E-state index contributed by atoms with van der Waals surface area (Å²) >= 11 is 0. The molecule has 0 heteroatoms. The predicted molar refractivity (Wildman–Crippen MR) is 69.5 cm³/mol. The molecule has 0 bridgehead atoms. The average molecular weight is 206 g/mol. The average Bonchev–Trinajstić information content (AvgIpc) is 2.64. The molecule has 0 nitrogen and oxygen atoms in total. The normalized spacial score (nSPS) is 13.9. The van der Waals surface area contributed by atoms with Crippen LogP contribution in [-0.2, 0) is 0 Å². The molecule has 0 saturated carbocycles. The summed E-state index contributed by atoms with van der Waals surface area (Å²) < 4.78 is 0. The Kier molecular flexibility index (Phi) is 1.97. The van der Waals surface area contributed by atoms with Gasteiger partial charge in [-0.15, -0.1) is 0 Å². The zero-order valence-corrected chi connectivity index (χ0v) is 9.62. The molecule has 0 amide bonds. The van der Waals surface area contributed by atoms with Crippen molar-refractivity contribution in [2.45, 2.75) is 13.8 Å². The van der Waals surface area contributed by atoms with Gasteiger partial charge in [0.25, 0.3) is 0 Å². The first-order valence-electron chi connectivity index (χ1n) is 5.69. The molecule has 0 aromatic heterocycles. The zero-order valence-electron chi connectivity index (χ0n) is 9.62. The summed E-state index contributed by atoms with van der Waals surface area (Å²) in [4.78, 5) is 0. The number of rotatable bonds is 0. The lowest BCUT2D eigenvalue weighted by atomic mass is 10.0. The first-order chi connectivity index (χ1) is 7.83. The van der Waals surface area contributed by atoms with Gasteiger partial charge in [-0.2, -0.15) is 0 Å². The van der Waals surface area contributed by atoms with Gasteiger partial charge in [-0.1, -0.05) is 48.5 Å². The standard InChI is InChI=1S/C16H14/c1-3-12-7-6-10-15-14-9-5-4-8-13(14)11(2)16(12)15/h3-10H,1-2H3/b12-3-. The molecule has 2 aromatic rings. The molecule has 1 aliphatic carbocycles. The smallest absolute Gasteiger partial charge is 0.00730 e. The largest absolute Gasteiger partial charge is 0.0798 e. The van der Waals surface area contributed by atoms with Crippen LogP contribution in [0.3, 0.4) is 0 Å². The molecule has 0 N–H and O–H groups in total. The van der Waals surface area contributed by atoms with Gasteiger partial charge in [0.15, 0.2) is 0 Å². The second-order valence-electron chi connectivity index (χ2n) is 4.23. The van der Waals surface area contributed by atoms with Gasteiger partial charge in [0.1, 0.15) is 0 Å². The van der Waals surface area contributed by atoms with E-state index in [0.717, 1.165) is 0 Å². The SMILES string of the molecule is C/C=c1/cccc2c1=C(C)c1ccccc1-2. The van der Waals surface area contributed by atoms with Gasteiger partial charge in [-0.25, -0.2) is 0 Å². The van der Waals surface area contributed by atoms with E-state index in [1.165, 1.54) is 32.7 Å². The Morgan fingerprint density at radius 3 is 2.25 bits per heavy atom. The minimum Gasteiger partial charge on any atom is -0.0798 e. The zero-order chi connectivity index (χ0) is 11.1. The van der Waals surface area contributed by atoms with E-state index in [0.29, 0.717) is 0 Å². The molecule has 2 aromatic carbocycles. The molecule has 0 unspecified atom stereocenters. The summed E-state index contributed by atoms with van der Waals surface area (Å²) in [5, 5.41) is 2.75. The number of fused-ring (bicyclic) bond motifs is 3. The van der Waals surface area contributed by atoms with Crippen LogP contribution in [0.15, 0.2) is 42.5 Å². The second kappa shape index (κ2) is 3.34. The monoisotopic (exact) mass is 206 g/mol. The highest BCUT2D eigenvalue weighted by molar-refractivity contribution is 5.88. The molecule has 0 heterocycles. The third-order valence-electron chi connectivity index (χ3n) is 3.40. The Bertz CT molecular complexity index is 675. The van der Waals surface area contributed by atoms with E-state index in [-0.39, 0.29) is 0 Å². The molecule has 1 aliphatic rings. The van der Waals surface area contributed by atoms with Crippen molar-refractivity contribution in [1.82, 2.24) is 0 Å². The van der Waals surface area contributed by atoms with E-state index in [9.17, 15) is 0 Å². The summed E-state index contributed by atoms with van der Waals surface area (Å²) in [7, 11) is 0. The Labute approximate surface area is 95.6 Å². The quantitative estimate of drug-likeness (QED) is 0.621. The molecular formula is C16H14. The Hall–Kier alpha value is -1.82. The summed E-state index contributed by atoms with van der Waals surface area (Å²) in [5.41, 5.74) is 5.54. The highest BCUT2D eigenvalue weighted by Crippen LogP contribution is 2.29. The Morgan fingerprint density at radius 1 is 0.812 bits per heavy atom. The van der Waals surface area contributed by atoms with Gasteiger partial charge in [-0.3, -0.25) is 0 Å². The molecular weight excluding hydrogens is 192 g/mol. The summed E-state index contributed by atoms with van der Waals surface area (Å²) in [6.45, 7) is 4.32. The maximum atomic E-state index is 2.22. The molecule has 0 aliphatic heterocycles. The van der Waals surface area contributed by atoms with Crippen LogP contribution in [0.5, 0.6) is 0 Å². The van der Waals surface area contributed by atoms with Crippen molar-refractivity contribution in [3.05, 3.63) is 58.5 Å². The summed E-state index contributed by atoms with van der Waals surface area (Å²) in [5.74, 6) is 0. The topological polar surface area (TPSA) is 0 Å². The van der Waals surface area contributed by atoms with Crippen molar-refractivity contribution in [2.24, 2.45) is 0 Å². The molecule has 0 fully saturated rings. The molecule has 3 rings (SSSR count). The molecule has 16 heavy (non-hydrogen) atoms. The fraction of sp³-hybridized carbons (Fsp3) is 0.125. The van der Waals surface area contributed by atoms with Gasteiger partial charge < -0.3 is 0 Å². The fourth-order valence-corrected chi connectivity index (χ4v) is 2.63. The number of hydrogen-bond donors (Lipinski definition) is 0. The van der Waals surface area contributed by atoms with Crippen LogP contribution in [0.2, 0.25) is 0 Å². The summed E-state index contributed by atoms with van der Waals surface area (Å²) in [6, 6.07) is 15.2. The van der Waals surface area contributed by atoms with Crippen LogP contribution in [-0.4, -0.2) is 0 Å². The number of benzene rings is 2. The van der Waals surface area contributed by atoms with E-state index in [4.69, 9.17) is 0 Å². The van der Waals surface area contributed by atoms with Crippen LogP contribution in [0.25, 0.3) is 22.8 Å². The van der Waals surface area contributed by atoms with Crippen molar-refractivity contribution in [3.8, 4) is 11.1 Å². The van der Waals surface area contributed by atoms with Crippen molar-refractivity contribution >= 4 is 11.6 Å². The van der Waals surface area contributed by atoms with Crippen LogP contribution in [0.1, 0.15) is 19.4 Å². The van der Waals surface area contributed by atoms with E-state index in [2.05, 4.69) is 62.4 Å². The first kappa shape index (κ1) is 9.41. The van der Waals surface area contributed by atoms with E-state index in [1.54, 1.807) is 0 Å². The maximum Gasteiger partial charge on any atom is -0.00730 e. The van der Waals surface area contributed by atoms with Crippen molar-refractivity contribution < 1.29 is 0 Å². The van der Waals surface area contributed by atoms with Gasteiger partial charge in [0.05, 0.1) is 0 Å². The van der Waals surface area contributed by atoms with E-state index < -0.39 is 0 Å². The van der Waals surface area contributed by atoms with Crippen LogP contribution < -0.4 is 10.4 Å². The van der Waals surface area contributed by atoms with Gasteiger partial charge >= 0.3 is 0 Å². The van der Waals surface area contributed by atoms with Gasteiger partial charge in [0, 0.05) is 0 Å². The minimum absolute atomic E-state index is 1.34. The van der Waals surface area contributed by atoms with Crippen LogP contribution >= 0.6 is 0 Å². The third kappa shape index (κ3) is 1.10. The minimum atomic E-state index is 1.34. The van der Waals surface area contributed by atoms with Gasteiger partial charge in [0.2, 0.25) is 0 Å². The van der Waals surface area contributed by atoms with Crippen molar-refractivity contribution in [3.63, 3.8) is 0 Å². The lowest BCUT2D eigenvalue weighted by Gasteiger charge is -2.00. The van der Waals surface area contributed by atoms with Crippen molar-refractivity contribution in [1.29, 1.82) is 0 Å². The van der Waals surface area contributed by atoms with Gasteiger partial charge in [-0.05, 0) is 46.5 Å². The van der Waals surface area contributed by atoms with Crippen LogP contribution in [0, 0.1) is 0 Å². The molecule has 0 spiro atoms. The lowest BCUT2D eigenvalue weighted by molar-refractivity contribution is 1.50. The Morgan fingerprint density at radius 2 is 1.50 bits per heavy atom. The molecule has 0 radical (unpaired) electrons. The number of hydrogen-bond acceptors (Lipinski definition) is 0. The molecule has 0 saturated heterocycles. The highest BCUT2D eigenvalue weighted by Gasteiger charge is 2.15. The Balaban J connectivity index is 2.56.